The maximum Gasteiger partial charge on any atom is 0.234 e. The number of nitrogens with one attached hydrogen (secondary N) is 1. The lowest BCUT2D eigenvalue weighted by atomic mass is 9.97. The number of anilines is 1. The molecule has 0 unspecified atom stereocenters. The smallest absolute Gasteiger partial charge is 0.234 e. The molecule has 1 fully saturated rings. The van der Waals surface area contributed by atoms with Crippen LogP contribution in [0.2, 0.25) is 0 Å². The molecule has 1 aliphatic heterocycles. The van der Waals surface area contributed by atoms with Crippen LogP contribution in [0.25, 0.3) is 10.2 Å². The number of likely N-dealkylation sites (tertiary alicyclic amines) is 1. The summed E-state index contributed by atoms with van der Waals surface area (Å²) < 4.78 is 1.27. The van der Waals surface area contributed by atoms with Crippen molar-refractivity contribution in [2.45, 2.75) is 25.2 Å². The molecule has 1 amide bonds. The van der Waals surface area contributed by atoms with E-state index < -0.39 is 0 Å². The van der Waals surface area contributed by atoms with E-state index >= 15 is 0 Å². The van der Waals surface area contributed by atoms with Gasteiger partial charge in [0.25, 0.3) is 0 Å². The Bertz CT molecular complexity index is 917. The molecule has 5 nitrogen and oxygen atoms in total. The molecule has 0 spiro atoms. The second-order valence-electron chi connectivity index (χ2n) is 8.03. The van der Waals surface area contributed by atoms with E-state index in [0.717, 1.165) is 51.0 Å². The fourth-order valence-corrected chi connectivity index (χ4v) is 5.15. The van der Waals surface area contributed by atoms with Gasteiger partial charge in [0.1, 0.15) is 0 Å². The Kier molecular flexibility index (Phi) is 6.97. The number of fused-ring (bicyclic) bond motifs is 1. The van der Waals surface area contributed by atoms with E-state index in [4.69, 9.17) is 4.98 Å². The Morgan fingerprint density at radius 3 is 2.63 bits per heavy atom. The summed E-state index contributed by atoms with van der Waals surface area (Å²) in [5, 5.41) is 4.33. The molecule has 0 saturated carbocycles. The summed E-state index contributed by atoms with van der Waals surface area (Å²) in [6, 6.07) is 18.7. The first-order valence-electron chi connectivity index (χ1n) is 10.8. The number of piperidine rings is 1. The Morgan fingerprint density at radius 2 is 1.87 bits per heavy atom. The van der Waals surface area contributed by atoms with Crippen molar-refractivity contribution in [2.75, 3.05) is 44.7 Å². The first kappa shape index (κ1) is 20.8. The zero-order valence-electron chi connectivity index (χ0n) is 17.6. The number of carbonyl (C=O) groups is 1. The number of hydrogen-bond donors (Lipinski definition) is 1. The van der Waals surface area contributed by atoms with Crippen molar-refractivity contribution in [3.63, 3.8) is 0 Å². The monoisotopic (exact) mass is 422 g/mol. The highest BCUT2D eigenvalue weighted by atomic mass is 32.1. The van der Waals surface area contributed by atoms with Crippen molar-refractivity contribution in [2.24, 2.45) is 0 Å². The normalized spacial score (nSPS) is 15.4. The van der Waals surface area contributed by atoms with Crippen LogP contribution in [0, 0.1) is 0 Å². The van der Waals surface area contributed by atoms with Gasteiger partial charge in [-0.15, -0.1) is 11.3 Å². The molecule has 3 aromatic rings. The topological polar surface area (TPSA) is 48.5 Å². The minimum atomic E-state index is 0.135. The van der Waals surface area contributed by atoms with Gasteiger partial charge in [0.15, 0.2) is 0 Å². The lowest BCUT2D eigenvalue weighted by molar-refractivity contribution is -0.122. The predicted octanol–water partition coefficient (Wildman–Crippen LogP) is 4.12. The third kappa shape index (κ3) is 5.37. The third-order valence-corrected chi connectivity index (χ3v) is 7.00. The molecule has 158 valence electrons. The van der Waals surface area contributed by atoms with E-state index in [-0.39, 0.29) is 5.91 Å². The molecule has 1 aromatic heterocycles. The van der Waals surface area contributed by atoms with E-state index in [1.54, 1.807) is 0 Å². The Morgan fingerprint density at radius 1 is 1.13 bits per heavy atom. The minimum Gasteiger partial charge on any atom is -0.375 e. The number of nitrogens with zero attached hydrogens (tertiary/aromatic N) is 3. The fourth-order valence-electron chi connectivity index (χ4n) is 4.02. The van der Waals surface area contributed by atoms with Crippen LogP contribution in [-0.4, -0.2) is 55.6 Å². The van der Waals surface area contributed by atoms with Gasteiger partial charge in [0.2, 0.25) is 5.91 Å². The summed E-state index contributed by atoms with van der Waals surface area (Å²) in [5.74, 6) is 0.658. The predicted molar refractivity (Wildman–Crippen MR) is 125 cm³/mol. The van der Waals surface area contributed by atoms with Gasteiger partial charge in [0, 0.05) is 31.7 Å². The number of carbonyl (C=O) groups excluding carboxylic acids is 1. The molecule has 0 aliphatic carbocycles. The zero-order valence-corrected chi connectivity index (χ0v) is 18.4. The zero-order chi connectivity index (χ0) is 20.8. The second-order valence-corrected chi connectivity index (χ2v) is 9.09. The summed E-state index contributed by atoms with van der Waals surface area (Å²) in [6.45, 7) is 4.08. The van der Waals surface area contributed by atoms with Gasteiger partial charge in [-0.1, -0.05) is 30.3 Å². The van der Waals surface area contributed by atoms with Gasteiger partial charge in [-0.25, -0.2) is 4.98 Å². The molecule has 2 aromatic carbocycles. The van der Waals surface area contributed by atoms with E-state index in [9.17, 15) is 4.79 Å². The lowest BCUT2D eigenvalue weighted by Gasteiger charge is -2.30. The maximum absolute atomic E-state index is 12.3. The van der Waals surface area contributed by atoms with Crippen molar-refractivity contribution in [1.29, 1.82) is 0 Å². The Hall–Kier alpha value is -2.44. The molecule has 30 heavy (non-hydrogen) atoms. The number of thiazole rings is 1. The highest BCUT2D eigenvalue weighted by Gasteiger charge is 2.24. The second kappa shape index (κ2) is 10.0. The fraction of sp³-hybridized carbons (Fsp3) is 0.417. The molecule has 0 bridgehead atoms. The van der Waals surface area contributed by atoms with Crippen molar-refractivity contribution in [3.8, 4) is 0 Å². The molecule has 0 radical (unpaired) electrons. The van der Waals surface area contributed by atoms with Gasteiger partial charge in [-0.3, -0.25) is 9.69 Å². The SMILES string of the molecule is CN(CCCNC(=O)CN1CCC(c2nc3ccccc3s2)CC1)c1ccccc1. The van der Waals surface area contributed by atoms with E-state index in [2.05, 4.69) is 52.5 Å². The van der Waals surface area contributed by atoms with Crippen LogP contribution < -0.4 is 10.2 Å². The van der Waals surface area contributed by atoms with Crippen molar-refractivity contribution in [1.82, 2.24) is 15.2 Å². The molecule has 1 aliphatic rings. The van der Waals surface area contributed by atoms with E-state index in [1.807, 2.05) is 35.6 Å². The first-order valence-corrected chi connectivity index (χ1v) is 11.6. The quantitative estimate of drug-likeness (QED) is 0.555. The number of amides is 1. The Labute approximate surface area is 182 Å². The van der Waals surface area contributed by atoms with Crippen LogP contribution in [0.4, 0.5) is 5.69 Å². The van der Waals surface area contributed by atoms with Crippen molar-refractivity contribution < 1.29 is 4.79 Å². The van der Waals surface area contributed by atoms with Crippen LogP contribution in [-0.2, 0) is 4.79 Å². The number of hydrogen-bond acceptors (Lipinski definition) is 5. The highest BCUT2D eigenvalue weighted by Crippen LogP contribution is 2.33. The number of para-hydroxylation sites is 2. The van der Waals surface area contributed by atoms with Crippen molar-refractivity contribution in [3.05, 3.63) is 59.6 Å². The van der Waals surface area contributed by atoms with E-state index in [0.29, 0.717) is 12.5 Å². The number of benzene rings is 2. The van der Waals surface area contributed by atoms with Crippen molar-refractivity contribution >= 4 is 33.1 Å². The maximum atomic E-state index is 12.3. The number of aromatic nitrogens is 1. The summed E-state index contributed by atoms with van der Waals surface area (Å²) >= 11 is 1.82. The molecular weight excluding hydrogens is 392 g/mol. The van der Waals surface area contributed by atoms with E-state index in [1.165, 1.54) is 15.4 Å². The molecule has 1 N–H and O–H groups in total. The average Bonchev–Trinajstić information content (AvgIpc) is 3.22. The minimum absolute atomic E-state index is 0.135. The van der Waals surface area contributed by atoms with Crippen LogP contribution in [0.3, 0.4) is 0 Å². The van der Waals surface area contributed by atoms with Gasteiger partial charge < -0.3 is 10.2 Å². The average molecular weight is 423 g/mol. The van der Waals surface area contributed by atoms with Gasteiger partial charge in [-0.2, -0.15) is 0 Å². The summed E-state index contributed by atoms with van der Waals surface area (Å²) in [4.78, 5) is 21.6. The van der Waals surface area contributed by atoms with Crippen LogP contribution in [0.15, 0.2) is 54.6 Å². The summed E-state index contributed by atoms with van der Waals surface area (Å²) in [6.07, 6.45) is 3.10. The number of rotatable bonds is 8. The molecule has 6 heteroatoms. The molecule has 1 saturated heterocycles. The summed E-state index contributed by atoms with van der Waals surface area (Å²) in [5.41, 5.74) is 2.32. The van der Waals surface area contributed by atoms with Gasteiger partial charge in [0.05, 0.1) is 21.8 Å². The standard InChI is InChI=1S/C24H30N4OS/c1-27(20-8-3-2-4-9-20)15-7-14-25-23(29)18-28-16-12-19(13-17-28)24-26-21-10-5-6-11-22(21)30-24/h2-6,8-11,19H,7,12-18H2,1H3,(H,25,29). The van der Waals surface area contributed by atoms with Gasteiger partial charge >= 0.3 is 0 Å². The molecule has 4 rings (SSSR count). The lowest BCUT2D eigenvalue weighted by Crippen LogP contribution is -2.41. The van der Waals surface area contributed by atoms with Gasteiger partial charge in [-0.05, 0) is 56.6 Å². The summed E-state index contributed by atoms with van der Waals surface area (Å²) in [7, 11) is 2.09. The third-order valence-electron chi connectivity index (χ3n) is 5.80. The Balaban J connectivity index is 1.15. The largest absolute Gasteiger partial charge is 0.375 e. The highest BCUT2D eigenvalue weighted by molar-refractivity contribution is 7.18. The van der Waals surface area contributed by atoms with Crippen LogP contribution in [0.5, 0.6) is 0 Å². The van der Waals surface area contributed by atoms with Crippen LogP contribution >= 0.6 is 11.3 Å². The van der Waals surface area contributed by atoms with Crippen LogP contribution in [0.1, 0.15) is 30.2 Å². The molecule has 0 atom stereocenters. The molecular formula is C24H30N4OS. The molecule has 2 heterocycles. The first-order chi connectivity index (χ1) is 14.7.